The first-order valence-corrected chi connectivity index (χ1v) is 21.2. The van der Waals surface area contributed by atoms with Gasteiger partial charge in [0.15, 0.2) is 11.6 Å². The van der Waals surface area contributed by atoms with Crippen LogP contribution in [0.2, 0.25) is 0 Å². The zero-order valence-corrected chi connectivity index (χ0v) is 35.4. The van der Waals surface area contributed by atoms with Gasteiger partial charge in [-0.3, -0.25) is 24.1 Å². The maximum Gasteiger partial charge on any atom is 0.254 e. The summed E-state index contributed by atoms with van der Waals surface area (Å²) in [4.78, 5) is 54.7. The van der Waals surface area contributed by atoms with E-state index in [1.54, 1.807) is 6.07 Å². The number of nitrogens with one attached hydrogen (secondary N) is 1. The van der Waals surface area contributed by atoms with Crippen molar-refractivity contribution in [3.8, 4) is 17.6 Å². The van der Waals surface area contributed by atoms with Crippen LogP contribution >= 0.6 is 0 Å². The summed E-state index contributed by atoms with van der Waals surface area (Å²) in [7, 11) is 0. The molecule has 2 heterocycles. The van der Waals surface area contributed by atoms with Crippen LogP contribution in [0, 0.1) is 47.7 Å². The van der Waals surface area contributed by atoms with Gasteiger partial charge in [-0.05, 0) is 85.8 Å². The van der Waals surface area contributed by atoms with Crippen molar-refractivity contribution < 1.29 is 37.8 Å². The molecule has 12 heteroatoms. The minimum Gasteiger partial charge on any atom is -0.490 e. The Bertz CT molecular complexity index is 2210. The van der Waals surface area contributed by atoms with E-state index in [2.05, 4.69) is 48.9 Å². The van der Waals surface area contributed by atoms with Crippen LogP contribution in [0.1, 0.15) is 104 Å². The van der Waals surface area contributed by atoms with E-state index in [1.165, 1.54) is 12.1 Å². The molecule has 3 aromatic carbocycles. The summed E-state index contributed by atoms with van der Waals surface area (Å²) in [6, 6.07) is 17.8. The second-order valence-electron chi connectivity index (χ2n) is 19.0. The van der Waals surface area contributed by atoms with E-state index in [1.807, 2.05) is 50.2 Å². The predicted octanol–water partition coefficient (Wildman–Crippen LogP) is 6.94. The second-order valence-corrected chi connectivity index (χ2v) is 19.0. The number of carbonyl (C=O) groups is 4. The van der Waals surface area contributed by atoms with Gasteiger partial charge in [0.25, 0.3) is 5.91 Å². The number of ether oxygens (including phenoxy) is 3. The van der Waals surface area contributed by atoms with E-state index in [9.17, 15) is 28.8 Å². The fraction of sp³-hybridized carbons (Fsp3) is 0.521. The van der Waals surface area contributed by atoms with Crippen LogP contribution in [0.3, 0.4) is 0 Å². The molecule has 3 saturated carbocycles. The van der Waals surface area contributed by atoms with Crippen LogP contribution in [0.15, 0.2) is 54.6 Å². The van der Waals surface area contributed by atoms with E-state index in [-0.39, 0.29) is 76.7 Å². The number of Topliss-reactive ketones (excluding diaryl/α,β-unsaturated/α-hetero) is 3. The van der Waals surface area contributed by atoms with Crippen molar-refractivity contribution in [1.29, 1.82) is 5.26 Å². The summed E-state index contributed by atoms with van der Waals surface area (Å²) in [5, 5.41) is 12.1. The molecule has 5 fully saturated rings. The first kappa shape index (κ1) is 41.6. The maximum absolute atomic E-state index is 15.0. The largest absolute Gasteiger partial charge is 0.490 e. The molecule has 3 aliphatic carbocycles. The van der Waals surface area contributed by atoms with E-state index >= 15 is 0 Å². The zero-order valence-electron chi connectivity index (χ0n) is 35.4. The van der Waals surface area contributed by atoms with Gasteiger partial charge in [-0.1, -0.05) is 27.7 Å². The maximum atomic E-state index is 15.0. The molecule has 0 unspecified atom stereocenters. The van der Waals surface area contributed by atoms with E-state index in [4.69, 9.17) is 14.2 Å². The summed E-state index contributed by atoms with van der Waals surface area (Å²) in [5.41, 5.74) is 3.39. The predicted molar refractivity (Wildman–Crippen MR) is 223 cm³/mol. The number of benzene rings is 3. The van der Waals surface area contributed by atoms with Crippen molar-refractivity contribution in [3.05, 3.63) is 88.2 Å². The second kappa shape index (κ2) is 15.7. The quantitative estimate of drug-likeness (QED) is 0.160. The Morgan fingerprint density at radius 3 is 2.25 bits per heavy atom. The molecule has 0 radical (unpaired) electrons. The van der Waals surface area contributed by atoms with Gasteiger partial charge in [-0.15, -0.1) is 0 Å². The van der Waals surface area contributed by atoms with Crippen molar-refractivity contribution in [3.63, 3.8) is 0 Å². The van der Waals surface area contributed by atoms with E-state index in [0.717, 1.165) is 61.6 Å². The van der Waals surface area contributed by atoms with Gasteiger partial charge in [-0.2, -0.15) is 5.26 Å². The molecule has 0 bridgehead atoms. The van der Waals surface area contributed by atoms with E-state index in [0.29, 0.717) is 35.9 Å². The number of nitrogens with zero attached hydrogens (tertiary/aromatic N) is 3. The minimum absolute atomic E-state index is 0.0665. The van der Waals surface area contributed by atoms with Gasteiger partial charge < -0.3 is 24.4 Å². The molecule has 316 valence electrons. The summed E-state index contributed by atoms with van der Waals surface area (Å²) in [5.74, 6) is -0.514. The van der Waals surface area contributed by atoms with Crippen molar-refractivity contribution in [2.45, 2.75) is 110 Å². The standard InChI is InChI=1S/C48H55FN4O7/c1-28-17-35(18-29(2)38(28)24-50)60-45-46(3,4)43(47(45,5)6)23-41(55)30-7-9-31(10-8-30)53-26-48(27-53)25-52(15-16-58-48)32-19-36(20-32)59-34-12-13-37(39(49)22-34)44(57)51-40-14-11-33(54)21-42(40)56/h7-10,12-13,17-18,22,32,36,40,43,45H,11,14-16,19-21,23,25-27H2,1-6H3,(H,51,57)/t32?,36?,40-,43?,45?/m0/s1. The Hall–Kier alpha value is -5.12. The van der Waals surface area contributed by atoms with Crippen molar-refractivity contribution in [2.24, 2.45) is 16.7 Å². The van der Waals surface area contributed by atoms with Gasteiger partial charge in [-0.25, -0.2) is 4.39 Å². The number of morpholine rings is 1. The van der Waals surface area contributed by atoms with Crippen LogP contribution in [0.5, 0.6) is 11.5 Å². The number of carbonyl (C=O) groups excluding carboxylic acids is 4. The monoisotopic (exact) mass is 818 g/mol. The molecular weight excluding hydrogens is 764 g/mol. The minimum atomic E-state index is -0.777. The van der Waals surface area contributed by atoms with Gasteiger partial charge in [0, 0.05) is 73.0 Å². The van der Waals surface area contributed by atoms with Gasteiger partial charge >= 0.3 is 0 Å². The highest BCUT2D eigenvalue weighted by Gasteiger charge is 2.63. The number of aryl methyl sites for hydroxylation is 2. The smallest absolute Gasteiger partial charge is 0.254 e. The lowest BCUT2D eigenvalue weighted by Gasteiger charge is -2.63. The van der Waals surface area contributed by atoms with Crippen LogP contribution in [-0.4, -0.2) is 90.8 Å². The van der Waals surface area contributed by atoms with Crippen molar-refractivity contribution >= 4 is 28.9 Å². The Morgan fingerprint density at radius 1 is 0.933 bits per heavy atom. The third-order valence-electron chi connectivity index (χ3n) is 14.1. The summed E-state index contributed by atoms with van der Waals surface area (Å²) in [6.07, 6.45) is 2.15. The third kappa shape index (κ3) is 7.82. The number of nitriles is 1. The SMILES string of the molecule is Cc1cc(OC2C(C)(C)C(CC(=O)c3ccc(N4CC5(C4)CN(C4CC(Oc6ccc(C(=O)N[C@H]7CCC(=O)CC7=O)c(F)c6)C4)CCO5)cc3)C2(C)C)cc(C)c1C#N. The molecule has 3 aromatic rings. The molecular formula is C48H55FN4O7. The molecule has 1 spiro atoms. The highest BCUT2D eigenvalue weighted by atomic mass is 19.1. The lowest BCUT2D eigenvalue weighted by atomic mass is 9.44. The molecule has 1 atom stereocenters. The molecule has 8 rings (SSSR count). The number of hydrogen-bond acceptors (Lipinski definition) is 10. The Morgan fingerprint density at radius 2 is 1.62 bits per heavy atom. The molecule has 5 aliphatic rings. The average Bonchev–Trinajstić information content (AvgIpc) is 3.17. The number of ketones is 3. The number of amides is 1. The lowest BCUT2D eigenvalue weighted by molar-refractivity contribution is -0.196. The Balaban J connectivity index is 0.791. The molecule has 1 amide bonds. The first-order valence-electron chi connectivity index (χ1n) is 21.2. The van der Waals surface area contributed by atoms with E-state index < -0.39 is 17.8 Å². The highest BCUT2D eigenvalue weighted by molar-refractivity contribution is 6.06. The third-order valence-corrected chi connectivity index (χ3v) is 14.1. The van der Waals surface area contributed by atoms with Crippen LogP contribution in [-0.2, 0) is 14.3 Å². The number of hydrogen-bond donors (Lipinski definition) is 1. The number of anilines is 1. The molecule has 2 saturated heterocycles. The fourth-order valence-corrected chi connectivity index (χ4v) is 10.8. The van der Waals surface area contributed by atoms with Crippen LogP contribution in [0.25, 0.3) is 0 Å². The van der Waals surface area contributed by atoms with Crippen LogP contribution < -0.4 is 19.7 Å². The topological polar surface area (TPSA) is 138 Å². The Labute approximate surface area is 351 Å². The Kier molecular flexibility index (Phi) is 10.9. The molecule has 11 nitrogen and oxygen atoms in total. The summed E-state index contributed by atoms with van der Waals surface area (Å²) >= 11 is 0. The van der Waals surface area contributed by atoms with Crippen molar-refractivity contribution in [1.82, 2.24) is 10.2 Å². The first-order chi connectivity index (χ1) is 28.5. The number of halogens is 1. The number of rotatable bonds is 11. The molecule has 60 heavy (non-hydrogen) atoms. The fourth-order valence-electron chi connectivity index (χ4n) is 10.8. The molecule has 0 aromatic heterocycles. The zero-order chi connectivity index (χ0) is 42.7. The van der Waals surface area contributed by atoms with Gasteiger partial charge in [0.2, 0.25) is 0 Å². The lowest BCUT2D eigenvalue weighted by Crippen LogP contribution is -2.72. The van der Waals surface area contributed by atoms with Crippen LogP contribution in [0.4, 0.5) is 10.1 Å². The van der Waals surface area contributed by atoms with Gasteiger partial charge in [0.05, 0.1) is 49.4 Å². The molecule has 1 N–H and O–H groups in total. The summed E-state index contributed by atoms with van der Waals surface area (Å²) in [6.45, 7) is 16.4. The molecule has 2 aliphatic heterocycles. The average molecular weight is 819 g/mol. The van der Waals surface area contributed by atoms with Crippen molar-refractivity contribution in [2.75, 3.05) is 37.7 Å². The highest BCUT2D eigenvalue weighted by Crippen LogP contribution is 2.62. The van der Waals surface area contributed by atoms with Gasteiger partial charge in [0.1, 0.15) is 40.9 Å². The normalized spacial score (nSPS) is 26.6. The summed E-state index contributed by atoms with van der Waals surface area (Å²) < 4.78 is 34.0.